The van der Waals surface area contributed by atoms with E-state index in [0.717, 1.165) is 0 Å². The van der Waals surface area contributed by atoms with Gasteiger partial charge in [-0.2, -0.15) is 0 Å². The Bertz CT molecular complexity index is 474. The maximum absolute atomic E-state index is 10.0. The first kappa shape index (κ1) is 23.8. The monoisotopic (exact) mass is 344 g/mol. The summed E-state index contributed by atoms with van der Waals surface area (Å²) in [4.78, 5) is 27.1. The van der Waals surface area contributed by atoms with E-state index in [0.29, 0.717) is 0 Å². The molecule has 2 rings (SSSR count). The zero-order chi connectivity index (χ0) is 13.4. The first-order chi connectivity index (χ1) is 8.61. The molecule has 0 spiro atoms. The molecule has 0 saturated heterocycles. The molecule has 2 aromatic heterocycles. The number of carbonyl (C=O) groups is 2. The van der Waals surface area contributed by atoms with Crippen LogP contribution in [0.4, 0.5) is 0 Å². The van der Waals surface area contributed by atoms with Crippen molar-refractivity contribution in [3.8, 4) is 0 Å². The van der Waals surface area contributed by atoms with E-state index in [1.165, 1.54) is 24.5 Å². The maximum Gasteiger partial charge on any atom is 2.00 e. The quantitative estimate of drug-likeness (QED) is 0.533. The van der Waals surface area contributed by atoms with Gasteiger partial charge in [0.2, 0.25) is 0 Å². The van der Waals surface area contributed by atoms with E-state index in [1.807, 2.05) is 0 Å². The van der Waals surface area contributed by atoms with Gasteiger partial charge in [0.25, 0.3) is 0 Å². The Kier molecular flexibility index (Phi) is 14.5. The second-order valence-corrected chi connectivity index (χ2v) is 3.00. The van der Waals surface area contributed by atoms with Gasteiger partial charge in [-0.1, -0.05) is 12.1 Å². The molecule has 0 aromatic carbocycles. The third kappa shape index (κ3) is 9.34. The second kappa shape index (κ2) is 12.8. The predicted molar refractivity (Wildman–Crippen MR) is 64.4 cm³/mol. The molecule has 0 unspecified atom stereocenters. The van der Waals surface area contributed by atoms with E-state index in [2.05, 4.69) is 9.97 Å². The Labute approximate surface area is 132 Å². The molecule has 0 bridgehead atoms. The molecule has 2 aromatic rings. The summed E-state index contributed by atoms with van der Waals surface area (Å²) in [6, 6.07) is 9.25. The number of hydrogen-bond acceptors (Lipinski definition) is 6. The van der Waals surface area contributed by atoms with Crippen molar-refractivity contribution in [1.82, 2.24) is 9.97 Å². The Balaban J connectivity index is -0.000000270. The first-order valence-corrected chi connectivity index (χ1v) is 4.86. The Morgan fingerprint density at radius 2 is 1.10 bits per heavy atom. The molecule has 108 valence electrons. The molecule has 9 heteroatoms. The van der Waals surface area contributed by atoms with Crippen molar-refractivity contribution < 1.29 is 50.2 Å². The second-order valence-electron chi connectivity index (χ2n) is 3.00. The number of aromatic carboxylic acids is 2. The number of carbonyl (C=O) groups excluding carboxylic acids is 2. The van der Waals surface area contributed by atoms with Crippen LogP contribution in [0, 0.1) is 0 Å². The van der Waals surface area contributed by atoms with Crippen molar-refractivity contribution in [2.24, 2.45) is 0 Å². The Morgan fingerprint density at radius 3 is 1.24 bits per heavy atom. The van der Waals surface area contributed by atoms with E-state index in [1.54, 1.807) is 24.3 Å². The van der Waals surface area contributed by atoms with Crippen molar-refractivity contribution in [3.05, 3.63) is 60.2 Å². The fourth-order valence-corrected chi connectivity index (χ4v) is 0.967. The van der Waals surface area contributed by atoms with Crippen LogP contribution in [0.2, 0.25) is 0 Å². The molecule has 0 radical (unpaired) electrons. The van der Waals surface area contributed by atoms with Crippen LogP contribution in [0.25, 0.3) is 0 Å². The number of aromatic nitrogens is 2. The van der Waals surface area contributed by atoms with Crippen molar-refractivity contribution in [3.63, 3.8) is 0 Å². The van der Waals surface area contributed by atoms with Crippen molar-refractivity contribution in [2.75, 3.05) is 0 Å². The minimum absolute atomic E-state index is 0. The van der Waals surface area contributed by atoms with Crippen molar-refractivity contribution in [1.29, 1.82) is 0 Å². The summed E-state index contributed by atoms with van der Waals surface area (Å²) in [5, 5.41) is 20.1. The molecular formula is C12H12N2O6Zn. The van der Waals surface area contributed by atoms with Crippen LogP contribution >= 0.6 is 0 Å². The van der Waals surface area contributed by atoms with Crippen LogP contribution in [0.3, 0.4) is 0 Å². The molecule has 2 heterocycles. The Hall–Kier alpha value is -2.22. The number of hydrogen-bond donors (Lipinski definition) is 0. The van der Waals surface area contributed by atoms with Crippen LogP contribution < -0.4 is 10.2 Å². The molecule has 0 amide bonds. The molecule has 8 nitrogen and oxygen atoms in total. The largest absolute Gasteiger partial charge is 2.00 e. The van der Waals surface area contributed by atoms with E-state index in [9.17, 15) is 19.8 Å². The average Bonchev–Trinajstić information content (AvgIpc) is 2.41. The van der Waals surface area contributed by atoms with Gasteiger partial charge in [-0.25, -0.2) is 0 Å². The van der Waals surface area contributed by atoms with E-state index >= 15 is 0 Å². The number of carboxylic acid groups (broad SMARTS) is 2. The van der Waals surface area contributed by atoms with Crippen molar-refractivity contribution >= 4 is 11.9 Å². The molecule has 0 aliphatic carbocycles. The van der Waals surface area contributed by atoms with Gasteiger partial charge >= 0.3 is 19.5 Å². The van der Waals surface area contributed by atoms with Crippen LogP contribution in [0.5, 0.6) is 0 Å². The standard InChI is InChI=1S/2C6H5NO2.2H2O.Zn/c2*8-6(9)5-3-1-2-4-7-5;;;/h2*1-4H,(H,8,9);2*1H2;/q;;;;+2/p-2. The molecule has 0 aliphatic rings. The minimum atomic E-state index is -1.24. The summed E-state index contributed by atoms with van der Waals surface area (Å²) in [5.74, 6) is -2.48. The molecule has 4 N–H and O–H groups in total. The van der Waals surface area contributed by atoms with E-state index in [4.69, 9.17) is 0 Å². The third-order valence-electron chi connectivity index (χ3n) is 1.75. The van der Waals surface area contributed by atoms with E-state index in [-0.39, 0.29) is 41.8 Å². The minimum Gasteiger partial charge on any atom is -0.543 e. The SMILES string of the molecule is O.O.O=C([O-])c1ccccn1.O=C([O-])c1ccccn1.[Zn+2]. The van der Waals surface area contributed by atoms with Crippen LogP contribution in [-0.2, 0) is 19.5 Å². The zero-order valence-corrected chi connectivity index (χ0v) is 13.8. The maximum atomic E-state index is 10.0. The normalized spacial score (nSPS) is 7.62. The van der Waals surface area contributed by atoms with Crippen LogP contribution in [-0.4, -0.2) is 32.9 Å². The van der Waals surface area contributed by atoms with Gasteiger partial charge in [-0.05, 0) is 24.3 Å². The molecule has 0 aliphatic heterocycles. The first-order valence-electron chi connectivity index (χ1n) is 4.86. The average molecular weight is 346 g/mol. The summed E-state index contributed by atoms with van der Waals surface area (Å²) in [5.41, 5.74) is -0.0602. The van der Waals surface area contributed by atoms with Gasteiger partial charge < -0.3 is 30.8 Å². The zero-order valence-electron chi connectivity index (χ0n) is 10.9. The summed E-state index contributed by atoms with van der Waals surface area (Å²) >= 11 is 0. The van der Waals surface area contributed by atoms with Gasteiger partial charge in [0, 0.05) is 12.4 Å². The van der Waals surface area contributed by atoms with Gasteiger partial charge in [0.1, 0.15) is 0 Å². The van der Waals surface area contributed by atoms with Gasteiger partial charge in [-0.15, -0.1) is 0 Å². The summed E-state index contributed by atoms with van der Waals surface area (Å²) in [6.45, 7) is 0. The molecule has 0 fully saturated rings. The number of nitrogens with zero attached hydrogens (tertiary/aromatic N) is 2. The number of carboxylic acids is 2. The summed E-state index contributed by atoms with van der Waals surface area (Å²) in [7, 11) is 0. The molecule has 21 heavy (non-hydrogen) atoms. The van der Waals surface area contributed by atoms with Crippen LogP contribution in [0.1, 0.15) is 21.0 Å². The van der Waals surface area contributed by atoms with Gasteiger partial charge in [0.15, 0.2) is 0 Å². The topological polar surface area (TPSA) is 169 Å². The summed E-state index contributed by atoms with van der Waals surface area (Å²) < 4.78 is 0. The fourth-order valence-electron chi connectivity index (χ4n) is 0.967. The molecular weight excluding hydrogens is 334 g/mol. The van der Waals surface area contributed by atoms with E-state index < -0.39 is 11.9 Å². The predicted octanol–water partition coefficient (Wildman–Crippen LogP) is -2.76. The molecule has 0 atom stereocenters. The number of rotatable bonds is 2. The van der Waals surface area contributed by atoms with Crippen molar-refractivity contribution in [2.45, 2.75) is 0 Å². The van der Waals surface area contributed by atoms with Gasteiger partial charge in [0.05, 0.1) is 23.3 Å². The number of pyridine rings is 2. The third-order valence-corrected chi connectivity index (χ3v) is 1.75. The Morgan fingerprint density at radius 1 is 0.762 bits per heavy atom. The molecule has 0 saturated carbocycles. The fraction of sp³-hybridized carbons (Fsp3) is 0. The summed E-state index contributed by atoms with van der Waals surface area (Å²) in [6.07, 6.45) is 2.82. The van der Waals surface area contributed by atoms with Gasteiger partial charge in [-0.3, -0.25) is 9.97 Å². The van der Waals surface area contributed by atoms with Crippen LogP contribution in [0.15, 0.2) is 48.8 Å². The smallest absolute Gasteiger partial charge is 0.543 e.